The van der Waals surface area contributed by atoms with Gasteiger partial charge in [-0.05, 0) is 62.1 Å². The van der Waals surface area contributed by atoms with Gasteiger partial charge in [-0.25, -0.2) is 4.39 Å². The van der Waals surface area contributed by atoms with Gasteiger partial charge >= 0.3 is 0 Å². The number of aryl methyl sites for hydroxylation is 1. The zero-order chi connectivity index (χ0) is 24.5. The summed E-state index contributed by atoms with van der Waals surface area (Å²) in [5, 5.41) is 0.327. The molecule has 3 fully saturated rings. The van der Waals surface area contributed by atoms with Gasteiger partial charge in [-0.2, -0.15) is 0 Å². The first-order valence-electron chi connectivity index (χ1n) is 12.4. The molecule has 2 amide bonds. The molecule has 1 aliphatic carbocycles. The molecule has 0 spiro atoms. The van der Waals surface area contributed by atoms with Crippen LogP contribution in [0.4, 0.5) is 10.1 Å². The van der Waals surface area contributed by atoms with Gasteiger partial charge < -0.3 is 14.7 Å². The van der Waals surface area contributed by atoms with E-state index >= 15 is 0 Å². The minimum Gasteiger partial charge on any atom is -0.368 e. The summed E-state index contributed by atoms with van der Waals surface area (Å²) in [7, 11) is 1.89. The van der Waals surface area contributed by atoms with E-state index in [2.05, 4.69) is 24.0 Å². The second-order valence-corrected chi connectivity index (χ2v) is 11.1. The monoisotopic (exact) mass is 493 g/mol. The molecular formula is C28H32FN3O2S. The molecule has 0 aromatic heterocycles. The smallest absolute Gasteiger partial charge is 0.260 e. The van der Waals surface area contributed by atoms with Crippen molar-refractivity contribution in [1.82, 2.24) is 9.80 Å². The lowest BCUT2D eigenvalue weighted by Gasteiger charge is -2.45. The molecule has 1 saturated carbocycles. The third-order valence-electron chi connectivity index (χ3n) is 7.53. The summed E-state index contributed by atoms with van der Waals surface area (Å²) in [6.45, 7) is 4.90. The van der Waals surface area contributed by atoms with Crippen LogP contribution in [0, 0.1) is 18.7 Å². The number of carbonyl (C=O) groups is 2. The number of thioether (sulfide) groups is 1. The minimum atomic E-state index is -0.236. The number of amides is 2. The Kier molecular flexibility index (Phi) is 6.87. The number of hydrogen-bond acceptors (Lipinski definition) is 4. The first kappa shape index (κ1) is 23.9. The third kappa shape index (κ3) is 5.10. The molecule has 2 aliphatic heterocycles. The number of carbonyl (C=O) groups excluding carboxylic acids is 2. The number of nitrogens with zero attached hydrogens (tertiary/aromatic N) is 3. The van der Waals surface area contributed by atoms with Crippen LogP contribution in [0.15, 0.2) is 53.4 Å². The van der Waals surface area contributed by atoms with Crippen molar-refractivity contribution in [3.8, 4) is 0 Å². The van der Waals surface area contributed by atoms with Crippen molar-refractivity contribution in [2.45, 2.75) is 37.5 Å². The summed E-state index contributed by atoms with van der Waals surface area (Å²) < 4.78 is 13.2. The Morgan fingerprint density at radius 1 is 1.06 bits per heavy atom. The molecule has 7 heteroatoms. The molecule has 3 aliphatic rings. The van der Waals surface area contributed by atoms with Crippen molar-refractivity contribution in [2.75, 3.05) is 38.1 Å². The minimum absolute atomic E-state index is 0.0354. The van der Waals surface area contributed by atoms with E-state index in [1.165, 1.54) is 17.7 Å². The fourth-order valence-corrected chi connectivity index (χ4v) is 7.01. The van der Waals surface area contributed by atoms with E-state index in [-0.39, 0.29) is 29.6 Å². The molecule has 3 unspecified atom stereocenters. The Balaban J connectivity index is 1.20. The average Bonchev–Trinajstić information content (AvgIpc) is 2.87. The summed E-state index contributed by atoms with van der Waals surface area (Å²) in [6, 6.07) is 14.8. The lowest BCUT2D eigenvalue weighted by molar-refractivity contribution is -0.139. The topological polar surface area (TPSA) is 43.9 Å². The Bertz CT molecular complexity index is 1130. The highest BCUT2D eigenvalue weighted by molar-refractivity contribution is 8.04. The van der Waals surface area contributed by atoms with Gasteiger partial charge in [0.1, 0.15) is 5.82 Å². The van der Waals surface area contributed by atoms with E-state index < -0.39 is 0 Å². The molecule has 0 radical (unpaired) electrons. The van der Waals surface area contributed by atoms with Crippen molar-refractivity contribution in [3.63, 3.8) is 0 Å². The second kappa shape index (κ2) is 10.1. The molecule has 3 atom stereocenters. The van der Waals surface area contributed by atoms with E-state index in [0.717, 1.165) is 48.5 Å². The molecule has 2 saturated heterocycles. The standard InChI is InChI=1S/C28H32FN3O2S/c1-19-4-3-5-20(16-19)17-26-28(34)30(2)24-18-21(6-11-25(24)35-26)27(33)32-14-12-31(13-15-32)23-9-7-22(29)8-10-23/h3-5,7-10,16-17,21,24-25H,6,11-15,18H2,1-2H3/b26-17-. The SMILES string of the molecule is Cc1cccc(/C=C2\SC3CCC(C(=O)N4CCN(c5ccc(F)cc5)CC4)CC3N(C)C2=O)c1. The fraction of sp³-hybridized carbons (Fsp3) is 0.429. The van der Waals surface area contributed by atoms with Gasteiger partial charge in [0.15, 0.2) is 0 Å². The number of rotatable bonds is 3. The summed E-state index contributed by atoms with van der Waals surface area (Å²) in [5.41, 5.74) is 3.22. The van der Waals surface area contributed by atoms with Crippen molar-refractivity contribution < 1.29 is 14.0 Å². The first-order valence-corrected chi connectivity index (χ1v) is 13.3. The molecule has 5 rings (SSSR count). The quantitative estimate of drug-likeness (QED) is 0.588. The normalized spacial score (nSPS) is 26.1. The molecule has 5 nitrogen and oxygen atoms in total. The summed E-state index contributed by atoms with van der Waals surface area (Å²) in [6.07, 6.45) is 4.54. The van der Waals surface area contributed by atoms with Crippen LogP contribution in [0.25, 0.3) is 6.08 Å². The van der Waals surface area contributed by atoms with Crippen molar-refractivity contribution >= 4 is 35.3 Å². The van der Waals surface area contributed by atoms with Gasteiger partial charge in [0.2, 0.25) is 5.91 Å². The van der Waals surface area contributed by atoms with Gasteiger partial charge in [0.25, 0.3) is 5.91 Å². The predicted octanol–water partition coefficient (Wildman–Crippen LogP) is 4.57. The lowest BCUT2D eigenvalue weighted by Crippen LogP contribution is -2.55. The number of fused-ring (bicyclic) bond motifs is 1. The number of hydrogen-bond donors (Lipinski definition) is 0. The second-order valence-electron chi connectivity index (χ2n) is 9.86. The van der Waals surface area contributed by atoms with Gasteiger partial charge in [0, 0.05) is 56.1 Å². The highest BCUT2D eigenvalue weighted by Gasteiger charge is 2.43. The van der Waals surface area contributed by atoms with Gasteiger partial charge in [-0.3, -0.25) is 9.59 Å². The van der Waals surface area contributed by atoms with E-state index in [1.54, 1.807) is 23.9 Å². The number of halogens is 1. The summed E-state index contributed by atoms with van der Waals surface area (Å²) in [4.78, 5) is 33.4. The first-order chi connectivity index (χ1) is 16.9. The lowest BCUT2D eigenvalue weighted by atomic mass is 9.83. The largest absolute Gasteiger partial charge is 0.368 e. The van der Waals surface area contributed by atoms with Crippen molar-refractivity contribution in [2.24, 2.45) is 5.92 Å². The maximum Gasteiger partial charge on any atom is 0.260 e. The Morgan fingerprint density at radius 2 is 1.80 bits per heavy atom. The zero-order valence-electron chi connectivity index (χ0n) is 20.3. The van der Waals surface area contributed by atoms with Crippen LogP contribution in [-0.2, 0) is 9.59 Å². The van der Waals surface area contributed by atoms with Crippen molar-refractivity contribution in [3.05, 3.63) is 70.4 Å². The molecule has 2 heterocycles. The van der Waals surface area contributed by atoms with Gasteiger partial charge in [-0.15, -0.1) is 11.8 Å². The zero-order valence-corrected chi connectivity index (χ0v) is 21.1. The molecule has 184 valence electrons. The van der Waals surface area contributed by atoms with Crippen LogP contribution in [0.3, 0.4) is 0 Å². The molecule has 0 N–H and O–H groups in total. The molecular weight excluding hydrogens is 461 g/mol. The van der Waals surface area contributed by atoms with Crippen LogP contribution < -0.4 is 4.90 Å². The van der Waals surface area contributed by atoms with E-state index in [0.29, 0.717) is 18.3 Å². The number of piperazine rings is 1. The fourth-order valence-electron chi connectivity index (χ4n) is 5.53. The van der Waals surface area contributed by atoms with Crippen LogP contribution >= 0.6 is 11.8 Å². The highest BCUT2D eigenvalue weighted by atomic mass is 32.2. The molecule has 35 heavy (non-hydrogen) atoms. The number of anilines is 1. The molecule has 0 bridgehead atoms. The van der Waals surface area contributed by atoms with Crippen LogP contribution in [-0.4, -0.2) is 66.1 Å². The Morgan fingerprint density at radius 3 is 2.51 bits per heavy atom. The summed E-state index contributed by atoms with van der Waals surface area (Å²) >= 11 is 1.69. The summed E-state index contributed by atoms with van der Waals surface area (Å²) in [5.74, 6) is -0.0000350. The Labute approximate surface area is 211 Å². The average molecular weight is 494 g/mol. The van der Waals surface area contributed by atoms with Crippen LogP contribution in [0.5, 0.6) is 0 Å². The van der Waals surface area contributed by atoms with Crippen LogP contribution in [0.1, 0.15) is 30.4 Å². The number of benzene rings is 2. The number of likely N-dealkylation sites (N-methyl/N-ethyl adjacent to an activating group) is 1. The molecule has 2 aromatic carbocycles. The molecule has 2 aromatic rings. The van der Waals surface area contributed by atoms with Crippen LogP contribution in [0.2, 0.25) is 0 Å². The van der Waals surface area contributed by atoms with E-state index in [1.807, 2.05) is 35.1 Å². The van der Waals surface area contributed by atoms with E-state index in [9.17, 15) is 14.0 Å². The van der Waals surface area contributed by atoms with Crippen molar-refractivity contribution in [1.29, 1.82) is 0 Å². The van der Waals surface area contributed by atoms with Gasteiger partial charge in [0.05, 0.1) is 4.91 Å². The Hall–Kier alpha value is -2.80. The third-order valence-corrected chi connectivity index (χ3v) is 8.93. The maximum atomic E-state index is 13.4. The predicted molar refractivity (Wildman–Crippen MR) is 140 cm³/mol. The highest BCUT2D eigenvalue weighted by Crippen LogP contribution is 2.43. The van der Waals surface area contributed by atoms with E-state index in [4.69, 9.17) is 0 Å². The van der Waals surface area contributed by atoms with Gasteiger partial charge in [-0.1, -0.05) is 29.8 Å². The maximum absolute atomic E-state index is 13.4.